The molecular formula is C19H16BrFN4OS. The van der Waals surface area contributed by atoms with Crippen molar-refractivity contribution in [1.29, 1.82) is 0 Å². The van der Waals surface area contributed by atoms with Crippen molar-refractivity contribution in [3.05, 3.63) is 70.2 Å². The van der Waals surface area contributed by atoms with Crippen LogP contribution in [0.25, 0.3) is 12.2 Å². The second-order valence-electron chi connectivity index (χ2n) is 5.62. The van der Waals surface area contributed by atoms with Gasteiger partial charge in [-0.1, -0.05) is 64.1 Å². The number of carbonyl (C=O) groups is 1. The first kappa shape index (κ1) is 19.3. The average Bonchev–Trinajstić information content (AvgIpc) is 3.10. The molecule has 3 rings (SSSR count). The zero-order chi connectivity index (χ0) is 19.2. The molecule has 0 saturated heterocycles. The van der Waals surface area contributed by atoms with Gasteiger partial charge >= 0.3 is 0 Å². The van der Waals surface area contributed by atoms with Crippen molar-refractivity contribution in [2.24, 2.45) is 0 Å². The third-order valence-corrected chi connectivity index (χ3v) is 5.01. The van der Waals surface area contributed by atoms with Gasteiger partial charge in [-0.2, -0.15) is 0 Å². The molecule has 27 heavy (non-hydrogen) atoms. The van der Waals surface area contributed by atoms with Crippen molar-refractivity contribution in [2.75, 3.05) is 5.32 Å². The van der Waals surface area contributed by atoms with Crippen LogP contribution in [0.5, 0.6) is 0 Å². The summed E-state index contributed by atoms with van der Waals surface area (Å²) in [6.45, 7) is 1.71. The van der Waals surface area contributed by atoms with Crippen LogP contribution in [0.15, 0.2) is 58.2 Å². The number of carbonyl (C=O) groups excluding carboxylic acids is 1. The van der Waals surface area contributed by atoms with Crippen molar-refractivity contribution < 1.29 is 9.18 Å². The summed E-state index contributed by atoms with van der Waals surface area (Å²) in [5, 5.41) is 9.45. The van der Waals surface area contributed by atoms with Crippen LogP contribution in [0, 0.1) is 5.82 Å². The molecular weight excluding hydrogens is 431 g/mol. The zero-order valence-corrected chi connectivity index (χ0v) is 16.7. The minimum absolute atomic E-state index is 0.136. The van der Waals surface area contributed by atoms with Gasteiger partial charge in [0.1, 0.15) is 11.6 Å². The Hall–Kier alpha value is -2.45. The van der Waals surface area contributed by atoms with Gasteiger partial charge in [0.05, 0.1) is 10.9 Å². The van der Waals surface area contributed by atoms with Crippen molar-refractivity contribution in [2.45, 2.75) is 17.3 Å². The van der Waals surface area contributed by atoms with Gasteiger partial charge in [0.25, 0.3) is 0 Å². The highest BCUT2D eigenvalue weighted by Crippen LogP contribution is 2.23. The van der Waals surface area contributed by atoms with Gasteiger partial charge < -0.3 is 5.32 Å². The van der Waals surface area contributed by atoms with E-state index in [-0.39, 0.29) is 11.6 Å². The fourth-order valence-corrected chi connectivity index (χ4v) is 3.23. The van der Waals surface area contributed by atoms with E-state index < -0.39 is 11.1 Å². The fraction of sp³-hybridized carbons (Fsp3) is 0.105. The van der Waals surface area contributed by atoms with E-state index in [0.29, 0.717) is 15.5 Å². The highest BCUT2D eigenvalue weighted by Gasteiger charge is 2.18. The molecule has 1 heterocycles. The molecule has 0 bridgehead atoms. The molecule has 1 amide bonds. The first-order valence-corrected chi connectivity index (χ1v) is 9.76. The van der Waals surface area contributed by atoms with Crippen LogP contribution in [0.2, 0.25) is 0 Å². The number of hydrogen-bond acceptors (Lipinski definition) is 4. The van der Waals surface area contributed by atoms with E-state index >= 15 is 0 Å². The van der Waals surface area contributed by atoms with Crippen molar-refractivity contribution in [3.63, 3.8) is 0 Å². The first-order chi connectivity index (χ1) is 13.0. The Morgan fingerprint density at radius 2 is 2.04 bits per heavy atom. The highest BCUT2D eigenvalue weighted by molar-refractivity contribution is 9.10. The van der Waals surface area contributed by atoms with Gasteiger partial charge in [0.2, 0.25) is 11.1 Å². The Balaban J connectivity index is 1.59. The predicted octanol–water partition coefficient (Wildman–Crippen LogP) is 5.00. The third kappa shape index (κ3) is 5.51. The number of amides is 1. The monoisotopic (exact) mass is 446 g/mol. The summed E-state index contributed by atoms with van der Waals surface area (Å²) in [6, 6.07) is 14.3. The van der Waals surface area contributed by atoms with Crippen LogP contribution in [-0.2, 0) is 4.79 Å². The Labute approximate surface area is 168 Å². The number of nitrogens with one attached hydrogen (secondary N) is 2. The van der Waals surface area contributed by atoms with E-state index in [1.165, 1.54) is 23.9 Å². The lowest BCUT2D eigenvalue weighted by molar-refractivity contribution is -0.115. The van der Waals surface area contributed by atoms with Crippen LogP contribution >= 0.6 is 27.7 Å². The fourth-order valence-electron chi connectivity index (χ4n) is 2.16. The Morgan fingerprint density at radius 1 is 1.26 bits per heavy atom. The number of rotatable bonds is 6. The number of anilines is 1. The number of thioether (sulfide) groups is 1. The number of hydrogen-bond donors (Lipinski definition) is 2. The Kier molecular flexibility index (Phi) is 6.41. The number of halogens is 2. The van der Waals surface area contributed by atoms with E-state index in [2.05, 4.69) is 36.4 Å². The third-order valence-electron chi connectivity index (χ3n) is 3.56. The van der Waals surface area contributed by atoms with Crippen LogP contribution in [0.4, 0.5) is 10.1 Å². The molecule has 1 atom stereocenters. The maximum absolute atomic E-state index is 13.8. The van der Waals surface area contributed by atoms with Gasteiger partial charge in [0, 0.05) is 4.47 Å². The second kappa shape index (κ2) is 8.96. The summed E-state index contributed by atoms with van der Waals surface area (Å²) >= 11 is 4.37. The number of H-pyrrole nitrogens is 1. The molecule has 1 aromatic heterocycles. The first-order valence-electron chi connectivity index (χ1n) is 8.09. The van der Waals surface area contributed by atoms with Crippen LogP contribution < -0.4 is 5.32 Å². The second-order valence-corrected chi connectivity index (χ2v) is 7.84. The van der Waals surface area contributed by atoms with E-state index in [4.69, 9.17) is 0 Å². The van der Waals surface area contributed by atoms with Crippen molar-refractivity contribution >= 4 is 51.4 Å². The van der Waals surface area contributed by atoms with Crippen LogP contribution in [-0.4, -0.2) is 26.3 Å². The normalized spacial score (nSPS) is 12.3. The quantitative estimate of drug-likeness (QED) is 0.522. The lowest BCUT2D eigenvalue weighted by Gasteiger charge is -2.10. The maximum atomic E-state index is 13.8. The van der Waals surface area contributed by atoms with Gasteiger partial charge in [-0.15, -0.1) is 5.10 Å². The molecule has 5 nitrogen and oxygen atoms in total. The number of benzene rings is 2. The molecule has 0 radical (unpaired) electrons. The smallest absolute Gasteiger partial charge is 0.237 e. The minimum atomic E-state index is -0.499. The molecule has 8 heteroatoms. The zero-order valence-electron chi connectivity index (χ0n) is 14.3. The molecule has 0 aliphatic heterocycles. The van der Waals surface area contributed by atoms with Crippen LogP contribution in [0.1, 0.15) is 18.3 Å². The molecule has 138 valence electrons. The van der Waals surface area contributed by atoms with E-state index in [0.717, 1.165) is 5.56 Å². The molecule has 1 unspecified atom stereocenters. The Bertz CT molecular complexity index is 961. The van der Waals surface area contributed by atoms with E-state index in [1.807, 2.05) is 42.5 Å². The summed E-state index contributed by atoms with van der Waals surface area (Å²) in [7, 11) is 0. The lowest BCUT2D eigenvalue weighted by Crippen LogP contribution is -2.23. The number of aromatic amines is 1. The highest BCUT2D eigenvalue weighted by atomic mass is 79.9. The van der Waals surface area contributed by atoms with Crippen molar-refractivity contribution in [1.82, 2.24) is 15.2 Å². The summed E-state index contributed by atoms with van der Waals surface area (Å²) in [5.74, 6) is -0.235. The number of aromatic nitrogens is 3. The SMILES string of the molecule is CC(Sc1n[nH]c(/C=C/c2ccccc2)n1)C(=O)Nc1ccc(Br)cc1F. The minimum Gasteiger partial charge on any atom is -0.323 e. The molecule has 3 aromatic rings. The van der Waals surface area contributed by atoms with Crippen molar-refractivity contribution in [3.8, 4) is 0 Å². The topological polar surface area (TPSA) is 70.7 Å². The summed E-state index contributed by atoms with van der Waals surface area (Å²) in [6.07, 6.45) is 3.73. The number of nitrogens with zero attached hydrogens (tertiary/aromatic N) is 2. The van der Waals surface area contributed by atoms with E-state index in [9.17, 15) is 9.18 Å². The van der Waals surface area contributed by atoms with Gasteiger partial charge in [0.15, 0.2) is 0 Å². The van der Waals surface area contributed by atoms with Gasteiger partial charge in [-0.05, 0) is 36.8 Å². The standard InChI is InChI=1S/C19H16BrFN4OS/c1-12(18(26)22-16-9-8-14(20)11-15(16)21)27-19-23-17(24-25-19)10-7-13-5-3-2-4-6-13/h2-12H,1H3,(H,22,26)(H,23,24,25)/b10-7+. The predicted molar refractivity (Wildman–Crippen MR) is 110 cm³/mol. The molecule has 2 N–H and O–H groups in total. The van der Waals surface area contributed by atoms with Crippen LogP contribution in [0.3, 0.4) is 0 Å². The van der Waals surface area contributed by atoms with Gasteiger partial charge in [-0.3, -0.25) is 9.89 Å². The molecule has 0 saturated carbocycles. The summed E-state index contributed by atoms with van der Waals surface area (Å²) in [4.78, 5) is 16.6. The Morgan fingerprint density at radius 3 is 2.78 bits per heavy atom. The van der Waals surface area contributed by atoms with Gasteiger partial charge in [-0.25, -0.2) is 9.37 Å². The molecule has 0 aliphatic carbocycles. The summed E-state index contributed by atoms with van der Waals surface area (Å²) in [5.41, 5.74) is 1.18. The largest absolute Gasteiger partial charge is 0.323 e. The lowest BCUT2D eigenvalue weighted by atomic mass is 10.2. The molecule has 2 aromatic carbocycles. The van der Waals surface area contributed by atoms with E-state index in [1.54, 1.807) is 13.0 Å². The molecule has 0 aliphatic rings. The molecule has 0 fully saturated rings. The average molecular weight is 447 g/mol. The summed E-state index contributed by atoms with van der Waals surface area (Å²) < 4.78 is 14.4. The maximum Gasteiger partial charge on any atom is 0.237 e. The molecule has 0 spiro atoms.